The maximum absolute atomic E-state index is 12.5. The second kappa shape index (κ2) is 9.23. The lowest BCUT2D eigenvalue weighted by Crippen LogP contribution is -2.54. The smallest absolute Gasteiger partial charge is 0.416 e. The van der Waals surface area contributed by atoms with Gasteiger partial charge in [0.1, 0.15) is 0 Å². The first-order chi connectivity index (χ1) is 12.0. The molecule has 1 aliphatic rings. The molecule has 1 aromatic rings. The maximum atomic E-state index is 12.5. The van der Waals surface area contributed by atoms with Crippen LogP contribution in [-0.4, -0.2) is 47.3 Å². The second-order valence-corrected chi connectivity index (χ2v) is 5.87. The molecular formula is C17H21F3N2O4. The van der Waals surface area contributed by atoms with Crippen LogP contribution in [0.2, 0.25) is 0 Å². The van der Waals surface area contributed by atoms with Gasteiger partial charge >= 0.3 is 18.1 Å². The van der Waals surface area contributed by atoms with Crippen LogP contribution in [0.3, 0.4) is 0 Å². The Bertz CT molecular complexity index is 628. The molecule has 0 amide bonds. The molecule has 1 saturated heterocycles. The highest BCUT2D eigenvalue weighted by atomic mass is 19.4. The number of hydrogen-bond acceptors (Lipinski definition) is 4. The quantitative estimate of drug-likeness (QED) is 0.705. The molecule has 2 atom stereocenters. The Balaban J connectivity index is 0.000000359. The molecule has 0 bridgehead atoms. The fraction of sp³-hybridized carbons (Fsp3) is 0.412. The molecular weight excluding hydrogens is 353 g/mol. The van der Waals surface area contributed by atoms with Crippen LogP contribution in [0.15, 0.2) is 36.4 Å². The Labute approximate surface area is 148 Å². The summed E-state index contributed by atoms with van der Waals surface area (Å²) in [5.74, 6) is -2.51. The Morgan fingerprint density at radius 3 is 2.04 bits per heavy atom. The summed E-state index contributed by atoms with van der Waals surface area (Å²) in [5, 5.41) is 19.0. The van der Waals surface area contributed by atoms with Crippen LogP contribution in [-0.2, 0) is 15.8 Å². The van der Waals surface area contributed by atoms with Gasteiger partial charge in [0.2, 0.25) is 0 Å². The van der Waals surface area contributed by atoms with Crippen LogP contribution in [0.1, 0.15) is 19.4 Å². The highest BCUT2D eigenvalue weighted by Gasteiger charge is 2.30. The fourth-order valence-electron chi connectivity index (χ4n) is 2.37. The minimum atomic E-state index is -4.26. The van der Waals surface area contributed by atoms with Crippen LogP contribution in [0.5, 0.6) is 0 Å². The van der Waals surface area contributed by atoms with Crippen molar-refractivity contribution in [2.75, 3.05) is 18.0 Å². The molecule has 0 aromatic heterocycles. The molecule has 0 aliphatic carbocycles. The van der Waals surface area contributed by atoms with Crippen molar-refractivity contribution in [1.82, 2.24) is 5.32 Å². The van der Waals surface area contributed by atoms with E-state index in [9.17, 15) is 22.8 Å². The SMILES string of the molecule is C[C@@H]1CN(c2ccc(C(F)(F)F)cc2)[C@@H](C)CN1.O=C(O)/C=C/C(=O)O. The third-order valence-electron chi connectivity index (χ3n) is 3.66. The number of hydrogen-bond donors (Lipinski definition) is 3. The van der Waals surface area contributed by atoms with Crippen molar-refractivity contribution in [3.05, 3.63) is 42.0 Å². The molecule has 0 unspecified atom stereocenters. The first-order valence-corrected chi connectivity index (χ1v) is 7.82. The van der Waals surface area contributed by atoms with Crippen LogP contribution in [0, 0.1) is 0 Å². The number of alkyl halides is 3. The number of carboxylic acid groups (broad SMARTS) is 2. The Morgan fingerprint density at radius 1 is 1.12 bits per heavy atom. The zero-order chi connectivity index (χ0) is 19.9. The molecule has 144 valence electrons. The third-order valence-corrected chi connectivity index (χ3v) is 3.66. The average molecular weight is 374 g/mol. The Hall–Kier alpha value is -2.55. The number of nitrogens with zero attached hydrogens (tertiary/aromatic N) is 1. The molecule has 1 aliphatic heterocycles. The van der Waals surface area contributed by atoms with Gasteiger partial charge in [0.25, 0.3) is 0 Å². The van der Waals surface area contributed by atoms with E-state index in [0.717, 1.165) is 30.9 Å². The Kier molecular flexibility index (Phi) is 7.63. The first kappa shape index (κ1) is 21.5. The predicted octanol–water partition coefficient (Wildman–Crippen LogP) is 2.60. The molecule has 2 rings (SSSR count). The number of halogens is 3. The van der Waals surface area contributed by atoms with Crippen molar-refractivity contribution >= 4 is 17.6 Å². The van der Waals surface area contributed by atoms with Gasteiger partial charge in [0.05, 0.1) is 5.56 Å². The van der Waals surface area contributed by atoms with Gasteiger partial charge < -0.3 is 20.4 Å². The molecule has 1 heterocycles. The number of benzene rings is 1. The summed E-state index contributed by atoms with van der Waals surface area (Å²) in [4.78, 5) is 21.2. The van der Waals surface area contributed by atoms with E-state index in [1.54, 1.807) is 12.1 Å². The minimum Gasteiger partial charge on any atom is -0.478 e. The van der Waals surface area contributed by atoms with Gasteiger partial charge in [-0.25, -0.2) is 9.59 Å². The van der Waals surface area contributed by atoms with Gasteiger partial charge in [0, 0.05) is 43.0 Å². The highest BCUT2D eigenvalue weighted by molar-refractivity contribution is 5.89. The summed E-state index contributed by atoms with van der Waals surface area (Å²) >= 11 is 0. The van der Waals surface area contributed by atoms with E-state index >= 15 is 0 Å². The molecule has 0 radical (unpaired) electrons. The molecule has 0 spiro atoms. The number of carbonyl (C=O) groups is 2. The van der Waals surface area contributed by atoms with E-state index in [1.807, 2.05) is 0 Å². The molecule has 26 heavy (non-hydrogen) atoms. The summed E-state index contributed by atoms with van der Waals surface area (Å²) < 4.78 is 37.4. The summed E-state index contributed by atoms with van der Waals surface area (Å²) in [6.07, 6.45) is -3.15. The average Bonchev–Trinajstić information content (AvgIpc) is 2.55. The molecule has 9 heteroatoms. The van der Waals surface area contributed by atoms with Crippen molar-refractivity contribution in [2.45, 2.75) is 32.1 Å². The van der Waals surface area contributed by atoms with Crippen molar-refractivity contribution < 1.29 is 33.0 Å². The highest BCUT2D eigenvalue weighted by Crippen LogP contribution is 2.31. The van der Waals surface area contributed by atoms with Crippen molar-refractivity contribution in [2.24, 2.45) is 0 Å². The molecule has 1 fully saturated rings. The summed E-state index contributed by atoms with van der Waals surface area (Å²) in [7, 11) is 0. The van der Waals surface area contributed by atoms with Crippen LogP contribution < -0.4 is 10.2 Å². The summed E-state index contributed by atoms with van der Waals surface area (Å²) in [6, 6.07) is 6.04. The van der Waals surface area contributed by atoms with Crippen molar-refractivity contribution in [3.63, 3.8) is 0 Å². The van der Waals surface area contributed by atoms with Crippen LogP contribution in [0.4, 0.5) is 18.9 Å². The number of carboxylic acids is 2. The first-order valence-electron chi connectivity index (χ1n) is 7.82. The monoisotopic (exact) mass is 374 g/mol. The topological polar surface area (TPSA) is 89.9 Å². The number of nitrogens with one attached hydrogen (secondary N) is 1. The third kappa shape index (κ3) is 7.14. The standard InChI is InChI=1S/C13H17F3N2.C4H4O4/c1-9-8-18(10(2)7-17-9)12-5-3-11(4-6-12)13(14,15)16;5-3(6)1-2-4(7)8/h3-6,9-10,17H,7-8H2,1-2H3;1-2H,(H,5,6)(H,7,8)/b;2-1+/t9-,10+;/m1./s1. The zero-order valence-electron chi connectivity index (χ0n) is 14.3. The fourth-order valence-corrected chi connectivity index (χ4v) is 2.37. The van der Waals surface area contributed by atoms with E-state index in [-0.39, 0.29) is 6.04 Å². The number of anilines is 1. The number of piperazine rings is 1. The summed E-state index contributed by atoms with van der Waals surface area (Å²) in [5.41, 5.74) is 0.255. The molecule has 1 aromatic carbocycles. The largest absolute Gasteiger partial charge is 0.478 e. The zero-order valence-corrected chi connectivity index (χ0v) is 14.3. The van der Waals surface area contributed by atoms with Gasteiger partial charge in [-0.15, -0.1) is 0 Å². The van der Waals surface area contributed by atoms with E-state index in [0.29, 0.717) is 18.2 Å². The summed E-state index contributed by atoms with van der Waals surface area (Å²) in [6.45, 7) is 5.80. The lowest BCUT2D eigenvalue weighted by Gasteiger charge is -2.39. The van der Waals surface area contributed by atoms with E-state index < -0.39 is 23.7 Å². The van der Waals surface area contributed by atoms with E-state index in [1.165, 1.54) is 0 Å². The van der Waals surface area contributed by atoms with Crippen LogP contribution >= 0.6 is 0 Å². The lowest BCUT2D eigenvalue weighted by atomic mass is 10.1. The number of aliphatic carboxylic acids is 2. The molecule has 6 nitrogen and oxygen atoms in total. The van der Waals surface area contributed by atoms with Crippen molar-refractivity contribution in [1.29, 1.82) is 0 Å². The van der Waals surface area contributed by atoms with E-state index in [4.69, 9.17) is 10.2 Å². The minimum absolute atomic E-state index is 0.290. The van der Waals surface area contributed by atoms with Gasteiger partial charge in [-0.3, -0.25) is 0 Å². The van der Waals surface area contributed by atoms with Gasteiger partial charge in [0.15, 0.2) is 0 Å². The lowest BCUT2D eigenvalue weighted by molar-refractivity contribution is -0.137. The molecule has 0 saturated carbocycles. The van der Waals surface area contributed by atoms with Gasteiger partial charge in [-0.05, 0) is 38.1 Å². The van der Waals surface area contributed by atoms with E-state index in [2.05, 4.69) is 24.1 Å². The number of rotatable bonds is 3. The normalized spacial score (nSPS) is 20.4. The Morgan fingerprint density at radius 2 is 1.62 bits per heavy atom. The van der Waals surface area contributed by atoms with Gasteiger partial charge in [-0.2, -0.15) is 13.2 Å². The van der Waals surface area contributed by atoms with Gasteiger partial charge in [-0.1, -0.05) is 0 Å². The van der Waals surface area contributed by atoms with Crippen molar-refractivity contribution in [3.8, 4) is 0 Å². The molecule has 3 N–H and O–H groups in total. The maximum Gasteiger partial charge on any atom is 0.416 e. The van der Waals surface area contributed by atoms with Crippen LogP contribution in [0.25, 0.3) is 0 Å². The predicted molar refractivity (Wildman–Crippen MR) is 90.1 cm³/mol. The second-order valence-electron chi connectivity index (χ2n) is 5.87.